The molecule has 3 rings (SSSR count). The Labute approximate surface area is 122 Å². The summed E-state index contributed by atoms with van der Waals surface area (Å²) in [6.45, 7) is 2.26. The molecule has 1 saturated carbocycles. The maximum atomic E-state index is 11.0. The molecule has 1 aliphatic heterocycles. The van der Waals surface area contributed by atoms with E-state index < -0.39 is 6.10 Å². The molecule has 4 nitrogen and oxygen atoms in total. The van der Waals surface area contributed by atoms with Gasteiger partial charge >= 0.3 is 0 Å². The number of aliphatic hydroxyl groups excluding tert-OH is 1. The van der Waals surface area contributed by atoms with Crippen molar-refractivity contribution in [3.8, 4) is 0 Å². The number of rotatable bonds is 3. The van der Waals surface area contributed by atoms with Crippen LogP contribution < -0.4 is 0 Å². The first-order valence-electron chi connectivity index (χ1n) is 7.26. The maximum Gasteiger partial charge on any atom is 0.115 e. The highest BCUT2D eigenvalue weighted by molar-refractivity contribution is 9.10. The molecule has 0 aromatic carbocycles. The van der Waals surface area contributed by atoms with E-state index in [0.717, 1.165) is 36.1 Å². The number of hydrogen-bond donors (Lipinski definition) is 1. The number of aryl methyl sites for hydroxylation is 1. The normalized spacial score (nSPS) is 25.0. The van der Waals surface area contributed by atoms with Crippen LogP contribution in [0.15, 0.2) is 10.7 Å². The molecule has 19 heavy (non-hydrogen) atoms. The van der Waals surface area contributed by atoms with Gasteiger partial charge in [0.25, 0.3) is 0 Å². The number of aliphatic hydroxyl groups is 1. The van der Waals surface area contributed by atoms with Crippen molar-refractivity contribution in [2.75, 3.05) is 13.1 Å². The quantitative estimate of drug-likeness (QED) is 0.927. The van der Waals surface area contributed by atoms with Gasteiger partial charge in [-0.05, 0) is 54.7 Å². The first kappa shape index (κ1) is 13.6. The van der Waals surface area contributed by atoms with Gasteiger partial charge < -0.3 is 5.11 Å². The van der Waals surface area contributed by atoms with Gasteiger partial charge in [-0.15, -0.1) is 0 Å². The van der Waals surface area contributed by atoms with E-state index in [1.807, 2.05) is 11.7 Å². The summed E-state index contributed by atoms with van der Waals surface area (Å²) in [7, 11) is 1.91. The third-order valence-electron chi connectivity index (χ3n) is 4.91. The number of hydrogen-bond acceptors (Lipinski definition) is 3. The van der Waals surface area contributed by atoms with Crippen molar-refractivity contribution in [3.05, 3.63) is 16.4 Å². The lowest BCUT2D eigenvalue weighted by Gasteiger charge is -2.42. The Morgan fingerprint density at radius 3 is 2.42 bits per heavy atom. The fraction of sp³-hybridized carbons (Fsp3) is 0.786. The molecule has 0 spiro atoms. The Balaban J connectivity index is 1.96. The number of halogens is 1. The molecule has 1 atom stereocenters. The molecule has 1 aromatic rings. The molecule has 1 aliphatic carbocycles. The van der Waals surface area contributed by atoms with Crippen molar-refractivity contribution in [2.45, 2.75) is 50.2 Å². The van der Waals surface area contributed by atoms with Crippen LogP contribution in [-0.4, -0.2) is 38.4 Å². The van der Waals surface area contributed by atoms with Crippen LogP contribution in [0.5, 0.6) is 0 Å². The van der Waals surface area contributed by atoms with Gasteiger partial charge in [0.15, 0.2) is 0 Å². The molecular formula is C14H22BrN3O. The number of aromatic nitrogens is 2. The Hall–Kier alpha value is -0.390. The summed E-state index contributed by atoms with van der Waals surface area (Å²) in [5.41, 5.74) is 0.862. The molecule has 0 radical (unpaired) electrons. The summed E-state index contributed by atoms with van der Waals surface area (Å²) < 4.78 is 2.73. The predicted octanol–water partition coefficient (Wildman–Crippen LogP) is 2.62. The van der Waals surface area contributed by atoms with E-state index in [-0.39, 0.29) is 5.54 Å². The molecule has 0 bridgehead atoms. The van der Waals surface area contributed by atoms with Crippen molar-refractivity contribution in [2.24, 2.45) is 7.05 Å². The van der Waals surface area contributed by atoms with E-state index in [9.17, 15) is 5.11 Å². The number of likely N-dealkylation sites (tertiary alicyclic amines) is 1. The lowest BCUT2D eigenvalue weighted by molar-refractivity contribution is -0.0241. The topological polar surface area (TPSA) is 41.3 Å². The van der Waals surface area contributed by atoms with Crippen molar-refractivity contribution in [1.82, 2.24) is 14.7 Å². The standard InChI is InChI=1S/C14H22BrN3O/c1-17-12(11(15)10-16-17)13(19)14(6-2-3-7-14)18-8-4-5-9-18/h10,13,19H,2-9H2,1H3. The minimum Gasteiger partial charge on any atom is -0.385 e. The van der Waals surface area contributed by atoms with Gasteiger partial charge in [0.05, 0.1) is 21.9 Å². The largest absolute Gasteiger partial charge is 0.385 e. The second-order valence-corrected chi connectivity index (χ2v) is 6.76. The zero-order valence-electron chi connectivity index (χ0n) is 11.5. The molecule has 1 saturated heterocycles. The van der Waals surface area contributed by atoms with Crippen LogP contribution >= 0.6 is 15.9 Å². The van der Waals surface area contributed by atoms with Gasteiger partial charge in [-0.25, -0.2) is 0 Å². The van der Waals surface area contributed by atoms with Crippen LogP contribution in [-0.2, 0) is 7.05 Å². The summed E-state index contributed by atoms with van der Waals surface area (Å²) in [6.07, 6.45) is 8.52. The molecule has 0 amide bonds. The molecule has 2 aliphatic rings. The monoisotopic (exact) mass is 327 g/mol. The van der Waals surface area contributed by atoms with Crippen LogP contribution in [0.25, 0.3) is 0 Å². The molecule has 106 valence electrons. The summed E-state index contributed by atoms with van der Waals surface area (Å²) in [5, 5.41) is 15.3. The van der Waals surface area contributed by atoms with E-state index in [1.165, 1.54) is 25.7 Å². The van der Waals surface area contributed by atoms with Crippen LogP contribution in [0.1, 0.15) is 50.3 Å². The summed E-state index contributed by atoms with van der Waals surface area (Å²) in [4.78, 5) is 2.53. The van der Waals surface area contributed by atoms with E-state index in [4.69, 9.17) is 0 Å². The summed E-state index contributed by atoms with van der Waals surface area (Å²) in [6, 6.07) is 0. The Morgan fingerprint density at radius 2 is 1.89 bits per heavy atom. The fourth-order valence-corrected chi connectivity index (χ4v) is 4.46. The molecule has 5 heteroatoms. The van der Waals surface area contributed by atoms with E-state index in [0.29, 0.717) is 0 Å². The molecule has 2 heterocycles. The third kappa shape index (κ3) is 2.16. The highest BCUT2D eigenvalue weighted by atomic mass is 79.9. The predicted molar refractivity (Wildman–Crippen MR) is 77.9 cm³/mol. The average molecular weight is 328 g/mol. The third-order valence-corrected chi connectivity index (χ3v) is 5.52. The zero-order valence-corrected chi connectivity index (χ0v) is 13.1. The average Bonchev–Trinajstić information content (AvgIpc) is 3.09. The first-order valence-corrected chi connectivity index (χ1v) is 8.05. The minimum atomic E-state index is -0.449. The van der Waals surface area contributed by atoms with Crippen LogP contribution in [0, 0.1) is 0 Å². The smallest absolute Gasteiger partial charge is 0.115 e. The van der Waals surface area contributed by atoms with Crippen molar-refractivity contribution < 1.29 is 5.11 Å². The summed E-state index contributed by atoms with van der Waals surface area (Å²) in [5.74, 6) is 0. The molecular weight excluding hydrogens is 306 g/mol. The molecule has 1 unspecified atom stereocenters. The molecule has 1 aromatic heterocycles. The zero-order chi connectivity index (χ0) is 13.5. The van der Waals surface area contributed by atoms with Gasteiger partial charge in [0.2, 0.25) is 0 Å². The minimum absolute atomic E-state index is 0.0627. The highest BCUT2D eigenvalue weighted by Crippen LogP contribution is 2.46. The van der Waals surface area contributed by atoms with Gasteiger partial charge in [-0.1, -0.05) is 12.8 Å². The second-order valence-electron chi connectivity index (χ2n) is 5.91. The van der Waals surface area contributed by atoms with E-state index >= 15 is 0 Å². The SMILES string of the molecule is Cn1ncc(Br)c1C(O)C1(N2CCCC2)CCCC1. The van der Waals surface area contributed by atoms with Crippen molar-refractivity contribution >= 4 is 15.9 Å². The lowest BCUT2D eigenvalue weighted by atomic mass is 9.86. The van der Waals surface area contributed by atoms with Gasteiger partial charge in [-0.2, -0.15) is 5.10 Å². The lowest BCUT2D eigenvalue weighted by Crippen LogP contribution is -2.50. The van der Waals surface area contributed by atoms with Gasteiger partial charge in [-0.3, -0.25) is 9.58 Å². The Kier molecular flexibility index (Phi) is 3.71. The van der Waals surface area contributed by atoms with E-state index in [1.54, 1.807) is 6.20 Å². The molecule has 1 N–H and O–H groups in total. The number of nitrogens with zero attached hydrogens (tertiary/aromatic N) is 3. The van der Waals surface area contributed by atoms with Crippen LogP contribution in [0.3, 0.4) is 0 Å². The Morgan fingerprint density at radius 1 is 1.26 bits per heavy atom. The van der Waals surface area contributed by atoms with Crippen LogP contribution in [0.4, 0.5) is 0 Å². The molecule has 2 fully saturated rings. The van der Waals surface area contributed by atoms with Crippen molar-refractivity contribution in [1.29, 1.82) is 0 Å². The summed E-state index contributed by atoms with van der Waals surface area (Å²) >= 11 is 3.54. The second kappa shape index (κ2) is 5.19. The van der Waals surface area contributed by atoms with Crippen molar-refractivity contribution in [3.63, 3.8) is 0 Å². The highest BCUT2D eigenvalue weighted by Gasteiger charge is 2.48. The first-order chi connectivity index (χ1) is 9.15. The van der Waals surface area contributed by atoms with Gasteiger partial charge in [0, 0.05) is 7.05 Å². The fourth-order valence-electron chi connectivity index (χ4n) is 3.89. The van der Waals surface area contributed by atoms with Gasteiger partial charge in [0.1, 0.15) is 6.10 Å². The maximum absolute atomic E-state index is 11.0. The van der Waals surface area contributed by atoms with E-state index in [2.05, 4.69) is 25.9 Å². The van der Waals surface area contributed by atoms with Crippen LogP contribution in [0.2, 0.25) is 0 Å². The Bertz CT molecular complexity index is 428.